The summed E-state index contributed by atoms with van der Waals surface area (Å²) in [5.41, 5.74) is -1.76. The van der Waals surface area contributed by atoms with E-state index in [1.165, 1.54) is 53.6 Å². The van der Waals surface area contributed by atoms with Crippen LogP contribution in [-0.4, -0.2) is 48.8 Å². The van der Waals surface area contributed by atoms with Crippen LogP contribution >= 0.6 is 7.82 Å². The first kappa shape index (κ1) is 37.5. The molecule has 0 spiro atoms. The zero-order chi connectivity index (χ0) is 27.4. The third-order valence-corrected chi connectivity index (χ3v) is 6.84. The number of phosphoric acid groups is 1. The molecule has 2 heterocycles. The van der Waals surface area contributed by atoms with Gasteiger partial charge in [-0.25, -0.2) is 18.7 Å². The van der Waals surface area contributed by atoms with Crippen LogP contribution in [0.3, 0.4) is 0 Å². The van der Waals surface area contributed by atoms with E-state index in [9.17, 15) is 18.7 Å². The third kappa shape index (κ3) is 12.0. The number of benzene rings is 1. The molecule has 0 fully saturated rings. The number of halogens is 2. The van der Waals surface area contributed by atoms with Crippen molar-refractivity contribution in [2.75, 3.05) is 13.2 Å². The van der Waals surface area contributed by atoms with Crippen LogP contribution in [0.4, 0.5) is 8.78 Å². The molecule has 3 aromatic rings. The quantitative estimate of drug-likeness (QED) is 0.0837. The Balaban J connectivity index is 0.00000400. The first-order valence-electron chi connectivity index (χ1n) is 12.6. The van der Waals surface area contributed by atoms with Gasteiger partial charge in [0.05, 0.1) is 39.0 Å². The summed E-state index contributed by atoms with van der Waals surface area (Å²) < 4.78 is 54.7. The van der Waals surface area contributed by atoms with Gasteiger partial charge in [0.1, 0.15) is 36.9 Å². The molecule has 0 amide bonds. The van der Waals surface area contributed by atoms with E-state index >= 15 is 4.39 Å². The maximum Gasteiger partial charge on any atom is 1.00 e. The molecule has 1 unspecified atom stereocenters. The molecule has 1 atom stereocenters. The molecule has 0 aliphatic heterocycles. The summed E-state index contributed by atoms with van der Waals surface area (Å²) in [4.78, 5) is 31.6. The summed E-state index contributed by atoms with van der Waals surface area (Å²) in [7, 11) is -5.59. The summed E-state index contributed by atoms with van der Waals surface area (Å²) in [6, 6.07) is 2.91. The molecule has 2 aromatic heterocycles. The Labute approximate surface area is 277 Å². The van der Waals surface area contributed by atoms with Crippen LogP contribution < -0.4 is 68.9 Å². The average Bonchev–Trinajstić information content (AvgIpc) is 3.55. The van der Waals surface area contributed by atoms with Crippen molar-refractivity contribution in [2.45, 2.75) is 76.5 Å². The summed E-state index contributed by atoms with van der Waals surface area (Å²) in [6.07, 6.45) is 11.0. The molecule has 0 N–H and O–H groups in total. The van der Waals surface area contributed by atoms with Crippen molar-refractivity contribution >= 4 is 7.82 Å². The van der Waals surface area contributed by atoms with Gasteiger partial charge in [-0.2, -0.15) is 10.2 Å². The van der Waals surface area contributed by atoms with E-state index in [2.05, 4.69) is 27.1 Å². The van der Waals surface area contributed by atoms with E-state index in [-0.39, 0.29) is 91.0 Å². The summed E-state index contributed by atoms with van der Waals surface area (Å²) >= 11 is 0. The Morgan fingerprint density at radius 1 is 0.950 bits per heavy atom. The van der Waals surface area contributed by atoms with Crippen LogP contribution in [-0.2, 0) is 32.3 Å². The van der Waals surface area contributed by atoms with Crippen LogP contribution in [0.15, 0.2) is 43.5 Å². The largest absolute Gasteiger partial charge is 1.00 e. The van der Waals surface area contributed by atoms with E-state index in [4.69, 9.17) is 9.26 Å². The molecule has 11 nitrogen and oxygen atoms in total. The molecule has 0 bridgehead atoms. The van der Waals surface area contributed by atoms with Gasteiger partial charge in [0, 0.05) is 18.2 Å². The van der Waals surface area contributed by atoms with E-state index < -0.39 is 31.0 Å². The van der Waals surface area contributed by atoms with Crippen molar-refractivity contribution in [3.8, 4) is 0 Å². The standard InChI is InChI=1S/C24H35F2N6O5P.2Na/c1-2-3-4-5-6-7-8-11-36-13-23(37-38(33,34)35)24(14-31-18-27-16-29-31,15-32-19-28-17-30-32)21-10-9-20(25)12-22(21)26;;/h9-10,12,16-19,23H,2-8,11,13-15H2,1H3,(H2,33,34,35);;/q;2*+1/p-2. The summed E-state index contributed by atoms with van der Waals surface area (Å²) in [5.74, 6) is -1.79. The third-order valence-electron chi connectivity index (χ3n) is 6.32. The fourth-order valence-corrected chi connectivity index (χ4v) is 5.07. The van der Waals surface area contributed by atoms with Gasteiger partial charge in [-0.05, 0) is 12.5 Å². The second-order valence-corrected chi connectivity index (χ2v) is 10.3. The van der Waals surface area contributed by atoms with E-state index in [0.717, 1.165) is 38.2 Å². The topological polar surface area (TPSA) is 143 Å². The first-order valence-corrected chi connectivity index (χ1v) is 14.1. The first-order chi connectivity index (χ1) is 18.2. The predicted octanol–water partition coefficient (Wildman–Crippen LogP) is -3.22. The molecule has 40 heavy (non-hydrogen) atoms. The van der Waals surface area contributed by atoms with Gasteiger partial charge in [0.2, 0.25) is 0 Å². The van der Waals surface area contributed by atoms with Gasteiger partial charge < -0.3 is 23.6 Å². The minimum atomic E-state index is -5.59. The number of phosphoric ester groups is 1. The zero-order valence-electron chi connectivity index (χ0n) is 23.3. The van der Waals surface area contributed by atoms with Crippen molar-refractivity contribution in [3.63, 3.8) is 0 Å². The number of hydrogen-bond acceptors (Lipinski definition) is 9. The maximum absolute atomic E-state index is 15.4. The molecule has 0 saturated heterocycles. The molecule has 16 heteroatoms. The minimum absolute atomic E-state index is 0. The minimum Gasteiger partial charge on any atom is -0.790 e. The number of nitrogens with zero attached hydrogens (tertiary/aromatic N) is 6. The molecule has 210 valence electrons. The molecular formula is C24H33F2N6Na2O5P. The fourth-order valence-electron chi connectivity index (χ4n) is 4.50. The molecule has 0 saturated carbocycles. The zero-order valence-corrected chi connectivity index (χ0v) is 28.2. The van der Waals surface area contributed by atoms with Crippen LogP contribution in [0.25, 0.3) is 0 Å². The van der Waals surface area contributed by atoms with E-state index in [0.29, 0.717) is 6.07 Å². The van der Waals surface area contributed by atoms with Crippen molar-refractivity contribution in [2.24, 2.45) is 0 Å². The van der Waals surface area contributed by atoms with Crippen molar-refractivity contribution in [1.29, 1.82) is 0 Å². The fraction of sp³-hybridized carbons (Fsp3) is 0.583. The van der Waals surface area contributed by atoms with E-state index in [1.54, 1.807) is 0 Å². The Hall–Kier alpha value is -0.570. The second-order valence-electron chi connectivity index (χ2n) is 9.20. The van der Waals surface area contributed by atoms with Crippen LogP contribution in [0, 0.1) is 11.6 Å². The van der Waals surface area contributed by atoms with Gasteiger partial charge in [-0.15, -0.1) is 0 Å². The van der Waals surface area contributed by atoms with Gasteiger partial charge >= 0.3 is 59.1 Å². The van der Waals surface area contributed by atoms with Gasteiger partial charge in [-0.1, -0.05) is 51.5 Å². The summed E-state index contributed by atoms with van der Waals surface area (Å²) in [6.45, 7) is 1.69. The van der Waals surface area contributed by atoms with Crippen molar-refractivity contribution < 1.29 is 91.5 Å². The smallest absolute Gasteiger partial charge is 0.790 e. The number of unbranched alkanes of at least 4 members (excludes halogenated alkanes) is 6. The molecule has 3 rings (SSSR count). The van der Waals surface area contributed by atoms with Gasteiger partial charge in [0.25, 0.3) is 0 Å². The maximum atomic E-state index is 15.4. The summed E-state index contributed by atoms with van der Waals surface area (Å²) in [5, 5.41) is 8.15. The Bertz CT molecular complexity index is 1100. The van der Waals surface area contributed by atoms with Crippen molar-refractivity contribution in [1.82, 2.24) is 29.5 Å². The number of hydrogen-bond donors (Lipinski definition) is 0. The number of ether oxygens (including phenoxy) is 1. The molecular weight excluding hydrogens is 567 g/mol. The van der Waals surface area contributed by atoms with Gasteiger partial charge in [-0.3, -0.25) is 9.36 Å². The Morgan fingerprint density at radius 3 is 2.02 bits per heavy atom. The Morgan fingerprint density at radius 2 is 1.52 bits per heavy atom. The number of rotatable bonds is 18. The predicted molar refractivity (Wildman–Crippen MR) is 129 cm³/mol. The average molecular weight is 601 g/mol. The molecule has 0 radical (unpaired) electrons. The van der Waals surface area contributed by atoms with Gasteiger partial charge in [0.15, 0.2) is 0 Å². The normalized spacial score (nSPS) is 12.5. The Kier molecular flexibility index (Phi) is 17.7. The van der Waals surface area contributed by atoms with Crippen molar-refractivity contribution in [3.05, 3.63) is 60.7 Å². The molecule has 0 aliphatic carbocycles. The molecule has 1 aromatic carbocycles. The molecule has 0 aliphatic rings. The SMILES string of the molecule is CCCCCCCCCOCC(OP(=O)([O-])[O-])C(Cn1cncn1)(Cn1cncn1)c1ccc(F)cc1F.[Na+].[Na+]. The van der Waals surface area contributed by atoms with E-state index in [1.807, 2.05) is 0 Å². The van der Waals surface area contributed by atoms with Crippen LogP contribution in [0.5, 0.6) is 0 Å². The number of aromatic nitrogens is 6. The second kappa shape index (κ2) is 18.9. The monoisotopic (exact) mass is 600 g/mol. The van der Waals surface area contributed by atoms with Crippen LogP contribution in [0.2, 0.25) is 0 Å². The van der Waals surface area contributed by atoms with Crippen LogP contribution in [0.1, 0.15) is 57.4 Å².